The standard InChI is InChI=1S/C38H43N3O5/c1-42-34-11-6-4-9-30(34)26-44-18-7-19-45-32-14-12-28(13-15-32)38-31(22-37-40-16-17-41-37)23-39-24-36(38)46-25-27-20-29-8-3-5-10-33(29)35(21-27)43-2/h3-6,8-17,20-21,31,36,38-39H,7,18-19,22-26H2,1-2H3,(H,40,41)/t31-,36+,38+/m1/s1. The summed E-state index contributed by atoms with van der Waals surface area (Å²) < 4.78 is 29.8. The number of hydrogen-bond donors (Lipinski definition) is 2. The number of para-hydroxylation sites is 1. The van der Waals surface area contributed by atoms with Gasteiger partial charge in [0, 0.05) is 48.6 Å². The molecule has 5 aromatic rings. The molecule has 6 rings (SSSR count). The highest BCUT2D eigenvalue weighted by Gasteiger charge is 2.35. The molecule has 0 bridgehead atoms. The van der Waals surface area contributed by atoms with Gasteiger partial charge in [0.25, 0.3) is 0 Å². The smallest absolute Gasteiger partial charge is 0.127 e. The van der Waals surface area contributed by atoms with E-state index in [0.717, 1.165) is 70.9 Å². The molecule has 8 nitrogen and oxygen atoms in total. The number of nitrogens with one attached hydrogen (secondary N) is 2. The Morgan fingerprint density at radius 2 is 1.65 bits per heavy atom. The molecule has 1 aliphatic rings. The number of nitrogens with zero attached hydrogens (tertiary/aromatic N) is 1. The first-order valence-electron chi connectivity index (χ1n) is 16.0. The fourth-order valence-corrected chi connectivity index (χ4v) is 6.41. The summed E-state index contributed by atoms with van der Waals surface area (Å²) in [6, 6.07) is 29.0. The Morgan fingerprint density at radius 3 is 2.48 bits per heavy atom. The monoisotopic (exact) mass is 621 g/mol. The highest BCUT2D eigenvalue weighted by atomic mass is 16.5. The molecule has 4 aromatic carbocycles. The first-order chi connectivity index (χ1) is 22.7. The minimum Gasteiger partial charge on any atom is -0.496 e. The van der Waals surface area contributed by atoms with Crippen molar-refractivity contribution in [1.82, 2.24) is 15.3 Å². The third-order valence-corrected chi connectivity index (χ3v) is 8.66. The molecule has 1 saturated heterocycles. The molecule has 0 saturated carbocycles. The summed E-state index contributed by atoms with van der Waals surface area (Å²) >= 11 is 0. The van der Waals surface area contributed by atoms with E-state index in [9.17, 15) is 0 Å². The van der Waals surface area contributed by atoms with Crippen molar-refractivity contribution in [2.24, 2.45) is 5.92 Å². The van der Waals surface area contributed by atoms with Crippen molar-refractivity contribution in [3.63, 3.8) is 0 Å². The van der Waals surface area contributed by atoms with Gasteiger partial charge in [-0.15, -0.1) is 0 Å². The number of H-pyrrole nitrogens is 1. The van der Waals surface area contributed by atoms with Crippen LogP contribution >= 0.6 is 0 Å². The molecule has 1 aromatic heterocycles. The third-order valence-electron chi connectivity index (χ3n) is 8.66. The number of imidazole rings is 1. The highest BCUT2D eigenvalue weighted by Crippen LogP contribution is 2.36. The molecule has 0 unspecified atom stereocenters. The Kier molecular flexibility index (Phi) is 10.8. The summed E-state index contributed by atoms with van der Waals surface area (Å²) in [4.78, 5) is 7.82. The molecule has 0 radical (unpaired) electrons. The van der Waals surface area contributed by atoms with Gasteiger partial charge in [-0.05, 0) is 59.3 Å². The van der Waals surface area contributed by atoms with E-state index in [-0.39, 0.29) is 12.0 Å². The van der Waals surface area contributed by atoms with Gasteiger partial charge in [-0.2, -0.15) is 0 Å². The molecule has 2 N–H and O–H groups in total. The van der Waals surface area contributed by atoms with Crippen LogP contribution in [0.5, 0.6) is 17.2 Å². The Balaban J connectivity index is 1.09. The van der Waals surface area contributed by atoms with Crippen LogP contribution in [0.3, 0.4) is 0 Å². The molecule has 1 aliphatic heterocycles. The summed E-state index contributed by atoms with van der Waals surface area (Å²) in [5.74, 6) is 4.05. The second kappa shape index (κ2) is 15.8. The Morgan fingerprint density at radius 1 is 0.826 bits per heavy atom. The van der Waals surface area contributed by atoms with Crippen LogP contribution in [0, 0.1) is 5.92 Å². The molecule has 0 aliphatic carbocycles. The van der Waals surface area contributed by atoms with E-state index in [1.54, 1.807) is 14.2 Å². The molecule has 1 fully saturated rings. The minimum atomic E-state index is -0.0154. The van der Waals surface area contributed by atoms with E-state index >= 15 is 0 Å². The van der Waals surface area contributed by atoms with E-state index in [1.807, 2.05) is 42.7 Å². The number of ether oxygens (including phenoxy) is 5. The van der Waals surface area contributed by atoms with Crippen molar-refractivity contribution in [3.05, 3.63) is 120 Å². The van der Waals surface area contributed by atoms with Crippen molar-refractivity contribution < 1.29 is 23.7 Å². The lowest BCUT2D eigenvalue weighted by molar-refractivity contribution is -0.00624. The van der Waals surface area contributed by atoms with E-state index in [2.05, 4.69) is 69.9 Å². The number of aromatic nitrogens is 2. The van der Waals surface area contributed by atoms with Gasteiger partial charge in [0.2, 0.25) is 0 Å². The van der Waals surface area contributed by atoms with Crippen LogP contribution in [0.2, 0.25) is 0 Å². The quantitative estimate of drug-likeness (QED) is 0.126. The van der Waals surface area contributed by atoms with Crippen molar-refractivity contribution in [2.75, 3.05) is 40.5 Å². The van der Waals surface area contributed by atoms with Crippen LogP contribution < -0.4 is 19.5 Å². The largest absolute Gasteiger partial charge is 0.496 e. The molecule has 240 valence electrons. The Hall–Kier alpha value is -4.37. The second-order valence-electron chi connectivity index (χ2n) is 11.7. The van der Waals surface area contributed by atoms with Gasteiger partial charge in [0.05, 0.1) is 46.8 Å². The Bertz CT molecular complexity index is 1660. The van der Waals surface area contributed by atoms with Gasteiger partial charge in [-0.1, -0.05) is 54.6 Å². The fourth-order valence-electron chi connectivity index (χ4n) is 6.41. The number of rotatable bonds is 15. The number of methoxy groups -OCH3 is 2. The molecule has 2 heterocycles. The van der Waals surface area contributed by atoms with Crippen molar-refractivity contribution >= 4 is 10.8 Å². The molecule has 46 heavy (non-hydrogen) atoms. The molecular formula is C38H43N3O5. The average molecular weight is 622 g/mol. The van der Waals surface area contributed by atoms with Crippen molar-refractivity contribution in [2.45, 2.75) is 38.1 Å². The van der Waals surface area contributed by atoms with Crippen molar-refractivity contribution in [3.8, 4) is 17.2 Å². The van der Waals surface area contributed by atoms with Crippen molar-refractivity contribution in [1.29, 1.82) is 0 Å². The first-order valence-corrected chi connectivity index (χ1v) is 16.0. The molecular weight excluding hydrogens is 578 g/mol. The SMILES string of the molecule is COc1ccccc1COCCCOc1ccc([C@H]2[C@H](Cc3ncc[nH]3)CNC[C@@H]2OCc2cc(OC)c3ccccc3c2)cc1. The lowest BCUT2D eigenvalue weighted by Gasteiger charge is -2.39. The zero-order valence-electron chi connectivity index (χ0n) is 26.6. The summed E-state index contributed by atoms with van der Waals surface area (Å²) in [6.45, 7) is 3.88. The van der Waals surface area contributed by atoms with Crippen LogP contribution in [-0.2, 0) is 29.1 Å². The lowest BCUT2D eigenvalue weighted by atomic mass is 9.77. The van der Waals surface area contributed by atoms with Crippen LogP contribution in [0.15, 0.2) is 97.3 Å². The summed E-state index contributed by atoms with van der Waals surface area (Å²) in [5, 5.41) is 5.87. The van der Waals surface area contributed by atoms with Crippen LogP contribution in [0.25, 0.3) is 10.8 Å². The maximum atomic E-state index is 6.71. The van der Waals surface area contributed by atoms with Crippen LogP contribution in [0.4, 0.5) is 0 Å². The summed E-state index contributed by atoms with van der Waals surface area (Å²) in [5.41, 5.74) is 3.38. The normalized spacial score (nSPS) is 18.0. The predicted octanol–water partition coefficient (Wildman–Crippen LogP) is 6.70. The summed E-state index contributed by atoms with van der Waals surface area (Å²) in [6.07, 6.45) is 5.32. The van der Waals surface area contributed by atoms with E-state index < -0.39 is 0 Å². The number of fused-ring (bicyclic) bond motifs is 1. The number of aromatic amines is 1. The van der Waals surface area contributed by atoms with Crippen LogP contribution in [-0.4, -0.2) is 56.6 Å². The maximum Gasteiger partial charge on any atom is 0.127 e. The fraction of sp³-hybridized carbons (Fsp3) is 0.342. The number of benzene rings is 4. The van der Waals surface area contributed by atoms with Gasteiger partial charge in [-0.25, -0.2) is 4.98 Å². The molecule has 0 amide bonds. The Labute approximate surface area is 271 Å². The van der Waals surface area contributed by atoms with E-state index in [0.29, 0.717) is 32.3 Å². The summed E-state index contributed by atoms with van der Waals surface area (Å²) in [7, 11) is 3.40. The second-order valence-corrected chi connectivity index (χ2v) is 11.7. The molecule has 8 heteroatoms. The minimum absolute atomic E-state index is 0.0154. The van der Waals surface area contributed by atoms with Gasteiger partial charge in [0.15, 0.2) is 0 Å². The molecule has 3 atom stereocenters. The number of hydrogen-bond acceptors (Lipinski definition) is 7. The van der Waals surface area contributed by atoms with Gasteiger partial charge >= 0.3 is 0 Å². The van der Waals surface area contributed by atoms with E-state index in [4.69, 9.17) is 23.7 Å². The zero-order valence-corrected chi connectivity index (χ0v) is 26.6. The predicted molar refractivity (Wildman–Crippen MR) is 180 cm³/mol. The third kappa shape index (κ3) is 7.88. The zero-order chi connectivity index (χ0) is 31.6. The first kappa shape index (κ1) is 31.6. The molecule has 0 spiro atoms. The highest BCUT2D eigenvalue weighted by molar-refractivity contribution is 5.89. The van der Waals surface area contributed by atoms with Crippen LogP contribution in [0.1, 0.15) is 34.9 Å². The average Bonchev–Trinajstić information content (AvgIpc) is 3.62. The maximum absolute atomic E-state index is 6.71. The lowest BCUT2D eigenvalue weighted by Crippen LogP contribution is -2.47. The topological polar surface area (TPSA) is 86.9 Å². The van der Waals surface area contributed by atoms with Gasteiger partial charge in [-0.3, -0.25) is 0 Å². The van der Waals surface area contributed by atoms with Gasteiger partial charge in [0.1, 0.15) is 23.1 Å². The van der Waals surface area contributed by atoms with Gasteiger partial charge < -0.3 is 34.0 Å². The van der Waals surface area contributed by atoms with E-state index in [1.165, 1.54) is 5.56 Å². The number of piperidine rings is 1.